The van der Waals surface area contributed by atoms with E-state index in [9.17, 15) is 13.2 Å². The molecule has 2 aromatic carbocycles. The molecule has 132 valence electrons. The van der Waals surface area contributed by atoms with Gasteiger partial charge < -0.3 is 10.2 Å². The van der Waals surface area contributed by atoms with Gasteiger partial charge in [-0.3, -0.25) is 4.79 Å². The molecule has 0 aromatic heterocycles. The minimum Gasteiger partial charge on any atom is -0.337 e. The molecule has 0 aliphatic carbocycles. The second-order valence-electron chi connectivity index (χ2n) is 6.29. The van der Waals surface area contributed by atoms with Crippen LogP contribution in [-0.2, 0) is 15.6 Å². The van der Waals surface area contributed by atoms with E-state index in [0.717, 1.165) is 19.5 Å². The predicted molar refractivity (Wildman–Crippen MR) is 97.1 cm³/mol. The van der Waals surface area contributed by atoms with Crippen LogP contribution in [0.25, 0.3) is 0 Å². The molecule has 0 radical (unpaired) electrons. The number of carbonyl (C=O) groups is 1. The standard InChI is InChI=1S/C19H22N2O3S/c1-21(16-11-12-20-13-16)19(22)18-10-6-5-7-15(18)14-25(23,24)17-8-3-2-4-9-17/h2-10,16,20H,11-14H2,1H3/t16-/m1/s1. The van der Waals surface area contributed by atoms with Gasteiger partial charge in [-0.05, 0) is 36.7 Å². The largest absolute Gasteiger partial charge is 0.337 e. The predicted octanol–water partition coefficient (Wildman–Crippen LogP) is 2.09. The molecule has 1 aliphatic rings. The van der Waals surface area contributed by atoms with E-state index in [1.807, 2.05) is 0 Å². The number of rotatable bonds is 5. The van der Waals surface area contributed by atoms with Crippen LogP contribution in [0.2, 0.25) is 0 Å². The van der Waals surface area contributed by atoms with Gasteiger partial charge in [0.05, 0.1) is 10.6 Å². The maximum atomic E-state index is 12.9. The number of nitrogens with one attached hydrogen (secondary N) is 1. The first-order valence-corrected chi connectivity index (χ1v) is 9.98. The summed E-state index contributed by atoms with van der Waals surface area (Å²) in [5.74, 6) is -0.317. The first kappa shape index (κ1) is 17.6. The lowest BCUT2D eigenvalue weighted by Gasteiger charge is -2.25. The van der Waals surface area contributed by atoms with E-state index in [1.165, 1.54) is 0 Å². The van der Waals surface area contributed by atoms with E-state index < -0.39 is 9.84 Å². The maximum absolute atomic E-state index is 12.9. The number of hydrogen-bond donors (Lipinski definition) is 1. The third-order valence-electron chi connectivity index (χ3n) is 4.60. The van der Waals surface area contributed by atoms with Gasteiger partial charge in [-0.2, -0.15) is 0 Å². The van der Waals surface area contributed by atoms with Crippen LogP contribution in [0.1, 0.15) is 22.3 Å². The van der Waals surface area contributed by atoms with E-state index in [2.05, 4.69) is 5.32 Å². The van der Waals surface area contributed by atoms with E-state index in [-0.39, 0.29) is 22.6 Å². The van der Waals surface area contributed by atoms with Crippen LogP contribution in [0.15, 0.2) is 59.5 Å². The van der Waals surface area contributed by atoms with Gasteiger partial charge in [0.2, 0.25) is 0 Å². The average Bonchev–Trinajstić information content (AvgIpc) is 3.16. The number of nitrogens with zero attached hydrogens (tertiary/aromatic N) is 1. The van der Waals surface area contributed by atoms with Crippen LogP contribution >= 0.6 is 0 Å². The van der Waals surface area contributed by atoms with Crippen molar-refractivity contribution in [2.75, 3.05) is 20.1 Å². The molecule has 1 heterocycles. The number of amides is 1. The van der Waals surface area contributed by atoms with Crippen molar-refractivity contribution in [3.05, 3.63) is 65.7 Å². The Labute approximate surface area is 148 Å². The summed E-state index contributed by atoms with van der Waals surface area (Å²) in [4.78, 5) is 14.9. The van der Waals surface area contributed by atoms with Gasteiger partial charge >= 0.3 is 0 Å². The highest BCUT2D eigenvalue weighted by Crippen LogP contribution is 2.21. The highest BCUT2D eigenvalue weighted by atomic mass is 32.2. The molecule has 6 heteroatoms. The van der Waals surface area contributed by atoms with Gasteiger partial charge in [-0.1, -0.05) is 36.4 Å². The van der Waals surface area contributed by atoms with Crippen LogP contribution in [0.4, 0.5) is 0 Å². The molecule has 25 heavy (non-hydrogen) atoms. The molecule has 0 saturated carbocycles. The zero-order valence-electron chi connectivity index (χ0n) is 14.2. The molecule has 0 bridgehead atoms. The molecule has 1 saturated heterocycles. The van der Waals surface area contributed by atoms with Crippen molar-refractivity contribution < 1.29 is 13.2 Å². The molecule has 2 aromatic rings. The second kappa shape index (κ2) is 7.37. The van der Waals surface area contributed by atoms with Crippen molar-refractivity contribution in [2.24, 2.45) is 0 Å². The summed E-state index contributed by atoms with van der Waals surface area (Å²) in [6, 6.07) is 15.4. The van der Waals surface area contributed by atoms with Crippen LogP contribution < -0.4 is 5.32 Å². The molecule has 1 aliphatic heterocycles. The Kier molecular flexibility index (Phi) is 5.20. The quantitative estimate of drug-likeness (QED) is 0.889. The average molecular weight is 358 g/mol. The van der Waals surface area contributed by atoms with Crippen molar-refractivity contribution in [3.63, 3.8) is 0 Å². The van der Waals surface area contributed by atoms with Crippen LogP contribution in [0, 0.1) is 0 Å². The molecule has 5 nitrogen and oxygen atoms in total. The Hall–Kier alpha value is -2.18. The molecule has 0 unspecified atom stereocenters. The first-order valence-electron chi connectivity index (χ1n) is 8.32. The fraction of sp³-hybridized carbons (Fsp3) is 0.316. The maximum Gasteiger partial charge on any atom is 0.254 e. The van der Waals surface area contributed by atoms with Crippen LogP contribution in [0.3, 0.4) is 0 Å². The Bertz CT molecular complexity index is 844. The molecule has 3 rings (SSSR count). The number of carbonyl (C=O) groups excluding carboxylic acids is 1. The monoisotopic (exact) mass is 358 g/mol. The smallest absolute Gasteiger partial charge is 0.254 e. The number of hydrogen-bond acceptors (Lipinski definition) is 4. The Morgan fingerprint density at radius 2 is 1.80 bits per heavy atom. The Morgan fingerprint density at radius 3 is 2.48 bits per heavy atom. The van der Waals surface area contributed by atoms with Gasteiger partial charge in [0.1, 0.15) is 0 Å². The van der Waals surface area contributed by atoms with E-state index >= 15 is 0 Å². The summed E-state index contributed by atoms with van der Waals surface area (Å²) in [6.45, 7) is 1.67. The Balaban J connectivity index is 1.87. The summed E-state index contributed by atoms with van der Waals surface area (Å²) < 4.78 is 25.3. The van der Waals surface area contributed by atoms with Crippen LogP contribution in [-0.4, -0.2) is 45.4 Å². The third-order valence-corrected chi connectivity index (χ3v) is 6.28. The third kappa shape index (κ3) is 3.91. The van der Waals surface area contributed by atoms with Gasteiger partial charge in [-0.15, -0.1) is 0 Å². The summed E-state index contributed by atoms with van der Waals surface area (Å²) in [5.41, 5.74) is 0.991. The lowest BCUT2D eigenvalue weighted by Crippen LogP contribution is -2.38. The summed E-state index contributed by atoms with van der Waals surface area (Å²) in [5, 5.41) is 3.24. The van der Waals surface area contributed by atoms with E-state index in [0.29, 0.717) is 11.1 Å². The van der Waals surface area contributed by atoms with Gasteiger partial charge in [0.15, 0.2) is 9.84 Å². The minimum absolute atomic E-state index is 0.132. The molecular formula is C19H22N2O3S. The summed E-state index contributed by atoms with van der Waals surface area (Å²) in [7, 11) is -1.72. The van der Waals surface area contributed by atoms with Crippen molar-refractivity contribution >= 4 is 15.7 Å². The molecule has 1 atom stereocenters. The molecule has 1 amide bonds. The number of likely N-dealkylation sites (N-methyl/N-ethyl adjacent to an activating group) is 1. The normalized spacial score (nSPS) is 17.4. The summed E-state index contributed by atoms with van der Waals surface area (Å²) >= 11 is 0. The lowest BCUT2D eigenvalue weighted by atomic mass is 10.1. The molecule has 1 fully saturated rings. The topological polar surface area (TPSA) is 66.5 Å². The van der Waals surface area contributed by atoms with Gasteiger partial charge in [0.25, 0.3) is 5.91 Å². The van der Waals surface area contributed by atoms with E-state index in [4.69, 9.17) is 0 Å². The number of benzene rings is 2. The first-order chi connectivity index (χ1) is 12.0. The molecule has 0 spiro atoms. The second-order valence-corrected chi connectivity index (χ2v) is 8.28. The lowest BCUT2D eigenvalue weighted by molar-refractivity contribution is 0.0743. The van der Waals surface area contributed by atoms with Crippen molar-refractivity contribution in [3.8, 4) is 0 Å². The molecular weight excluding hydrogens is 336 g/mol. The fourth-order valence-electron chi connectivity index (χ4n) is 3.10. The van der Waals surface area contributed by atoms with Crippen molar-refractivity contribution in [1.82, 2.24) is 10.2 Å². The molecule has 1 N–H and O–H groups in total. The number of sulfone groups is 1. The van der Waals surface area contributed by atoms with Gasteiger partial charge in [0, 0.05) is 25.2 Å². The highest BCUT2D eigenvalue weighted by molar-refractivity contribution is 7.90. The van der Waals surface area contributed by atoms with Crippen molar-refractivity contribution in [1.29, 1.82) is 0 Å². The SMILES string of the molecule is CN(C(=O)c1ccccc1CS(=O)(=O)c1ccccc1)[C@@H]1CCNC1. The van der Waals surface area contributed by atoms with Gasteiger partial charge in [-0.25, -0.2) is 8.42 Å². The Morgan fingerprint density at radius 1 is 1.12 bits per heavy atom. The fourth-order valence-corrected chi connectivity index (χ4v) is 4.50. The summed E-state index contributed by atoms with van der Waals surface area (Å²) in [6.07, 6.45) is 0.909. The zero-order valence-corrected chi connectivity index (χ0v) is 15.0. The zero-order chi connectivity index (χ0) is 17.9. The minimum atomic E-state index is -3.50. The van der Waals surface area contributed by atoms with Crippen LogP contribution in [0.5, 0.6) is 0 Å². The van der Waals surface area contributed by atoms with Crippen molar-refractivity contribution in [2.45, 2.75) is 23.1 Å². The highest BCUT2D eigenvalue weighted by Gasteiger charge is 2.26. The van der Waals surface area contributed by atoms with E-state index in [1.54, 1.807) is 66.5 Å².